The first kappa shape index (κ1) is 12.7. The van der Waals surface area contributed by atoms with Crippen LogP contribution in [0.1, 0.15) is 32.1 Å². The Balaban J connectivity index is 1.70. The lowest BCUT2D eigenvalue weighted by Gasteiger charge is -2.21. The van der Waals surface area contributed by atoms with E-state index in [1.54, 1.807) is 0 Å². The van der Waals surface area contributed by atoms with E-state index < -0.39 is 12.2 Å². The second kappa shape index (κ2) is 4.84. The van der Waals surface area contributed by atoms with E-state index in [-0.39, 0.29) is 30.8 Å². The average Bonchev–Trinajstić information content (AvgIpc) is 3.08. The van der Waals surface area contributed by atoms with Gasteiger partial charge >= 0.3 is 6.18 Å². The molecule has 0 aromatic carbocycles. The molecule has 2 saturated carbocycles. The van der Waals surface area contributed by atoms with Crippen LogP contribution in [-0.2, 0) is 4.79 Å². The van der Waals surface area contributed by atoms with E-state index in [2.05, 4.69) is 10.6 Å². The van der Waals surface area contributed by atoms with E-state index in [9.17, 15) is 18.0 Å². The van der Waals surface area contributed by atoms with Gasteiger partial charge < -0.3 is 10.6 Å². The fourth-order valence-electron chi connectivity index (χ4n) is 1.71. The summed E-state index contributed by atoms with van der Waals surface area (Å²) in [4.78, 5) is 11.3. The first-order valence-electron chi connectivity index (χ1n) is 6.07. The van der Waals surface area contributed by atoms with E-state index >= 15 is 0 Å². The van der Waals surface area contributed by atoms with Crippen molar-refractivity contribution in [1.29, 1.82) is 0 Å². The van der Waals surface area contributed by atoms with E-state index in [0.29, 0.717) is 0 Å². The predicted octanol–water partition coefficient (Wildman–Crippen LogP) is 1.59. The molecule has 2 aliphatic carbocycles. The van der Waals surface area contributed by atoms with Gasteiger partial charge in [-0.15, -0.1) is 0 Å². The molecular weight excluding hydrogens is 233 g/mol. The maximum atomic E-state index is 12.6. The molecule has 6 heteroatoms. The van der Waals surface area contributed by atoms with Crippen molar-refractivity contribution in [2.24, 2.45) is 5.92 Å². The molecule has 2 fully saturated rings. The number of hydrogen-bond acceptors (Lipinski definition) is 2. The number of hydrogen-bond donors (Lipinski definition) is 2. The van der Waals surface area contributed by atoms with Crippen LogP contribution in [0, 0.1) is 5.92 Å². The first-order valence-corrected chi connectivity index (χ1v) is 6.07. The standard InChI is InChI=1S/C11H17F3N2O/c12-11(13,14)9(16-8-3-4-8)5-6-15-10(17)7-1-2-7/h7-9,16H,1-6H2,(H,15,17). The van der Waals surface area contributed by atoms with Gasteiger partial charge in [0.1, 0.15) is 6.04 Å². The summed E-state index contributed by atoms with van der Waals surface area (Å²) >= 11 is 0. The molecule has 0 saturated heterocycles. The van der Waals surface area contributed by atoms with Crippen molar-refractivity contribution in [1.82, 2.24) is 10.6 Å². The van der Waals surface area contributed by atoms with Gasteiger partial charge in [-0.05, 0) is 32.1 Å². The van der Waals surface area contributed by atoms with Crippen molar-refractivity contribution in [2.75, 3.05) is 6.54 Å². The lowest BCUT2D eigenvalue weighted by Crippen LogP contribution is -2.45. The highest BCUT2D eigenvalue weighted by molar-refractivity contribution is 5.80. The van der Waals surface area contributed by atoms with E-state index in [4.69, 9.17) is 0 Å². The molecule has 1 amide bonds. The number of carbonyl (C=O) groups excluding carboxylic acids is 1. The summed E-state index contributed by atoms with van der Waals surface area (Å²) in [6, 6.07) is -1.48. The van der Waals surface area contributed by atoms with Crippen molar-refractivity contribution in [3.8, 4) is 0 Å². The summed E-state index contributed by atoms with van der Waals surface area (Å²) in [7, 11) is 0. The predicted molar refractivity (Wildman–Crippen MR) is 56.4 cm³/mol. The van der Waals surface area contributed by atoms with Crippen LogP contribution < -0.4 is 10.6 Å². The summed E-state index contributed by atoms with van der Waals surface area (Å²) in [5, 5.41) is 5.14. The Morgan fingerprint density at radius 2 is 1.88 bits per heavy atom. The lowest BCUT2D eigenvalue weighted by atomic mass is 10.2. The Hall–Kier alpha value is -0.780. The number of amides is 1. The zero-order chi connectivity index (χ0) is 12.5. The molecule has 0 radical (unpaired) electrons. The molecule has 1 atom stereocenters. The van der Waals surface area contributed by atoms with Gasteiger partial charge in [0, 0.05) is 18.5 Å². The zero-order valence-electron chi connectivity index (χ0n) is 9.52. The highest BCUT2D eigenvalue weighted by atomic mass is 19.4. The topological polar surface area (TPSA) is 41.1 Å². The Bertz CT molecular complexity index is 285. The maximum absolute atomic E-state index is 12.6. The van der Waals surface area contributed by atoms with E-state index in [0.717, 1.165) is 25.7 Å². The molecule has 0 bridgehead atoms. The smallest absolute Gasteiger partial charge is 0.356 e. The summed E-state index contributed by atoms with van der Waals surface area (Å²) in [5.41, 5.74) is 0. The minimum Gasteiger partial charge on any atom is -0.356 e. The van der Waals surface area contributed by atoms with Crippen LogP contribution in [0.5, 0.6) is 0 Å². The third kappa shape index (κ3) is 4.18. The highest BCUT2D eigenvalue weighted by Gasteiger charge is 2.42. The molecule has 0 spiro atoms. The van der Waals surface area contributed by atoms with E-state index in [1.165, 1.54) is 0 Å². The second-order valence-electron chi connectivity index (χ2n) is 4.89. The van der Waals surface area contributed by atoms with Gasteiger partial charge in [0.25, 0.3) is 0 Å². The second-order valence-corrected chi connectivity index (χ2v) is 4.89. The molecule has 3 nitrogen and oxygen atoms in total. The van der Waals surface area contributed by atoms with Gasteiger partial charge in [0.2, 0.25) is 5.91 Å². The van der Waals surface area contributed by atoms with Crippen molar-refractivity contribution in [3.05, 3.63) is 0 Å². The van der Waals surface area contributed by atoms with Crippen LogP contribution in [0.3, 0.4) is 0 Å². The Morgan fingerprint density at radius 1 is 1.24 bits per heavy atom. The quantitative estimate of drug-likeness (QED) is 0.751. The fourth-order valence-corrected chi connectivity index (χ4v) is 1.71. The number of nitrogens with one attached hydrogen (secondary N) is 2. The number of alkyl halides is 3. The zero-order valence-corrected chi connectivity index (χ0v) is 9.52. The Labute approximate surface area is 98.1 Å². The number of carbonyl (C=O) groups is 1. The first-order chi connectivity index (χ1) is 7.97. The molecule has 17 heavy (non-hydrogen) atoms. The highest BCUT2D eigenvalue weighted by Crippen LogP contribution is 2.29. The van der Waals surface area contributed by atoms with Crippen molar-refractivity contribution < 1.29 is 18.0 Å². The molecular formula is C11H17F3N2O. The molecule has 2 aliphatic rings. The lowest BCUT2D eigenvalue weighted by molar-refractivity contribution is -0.157. The third-order valence-corrected chi connectivity index (χ3v) is 3.09. The summed E-state index contributed by atoms with van der Waals surface area (Å²) in [6.07, 6.45) is -0.933. The summed E-state index contributed by atoms with van der Waals surface area (Å²) in [5.74, 6) is -0.0481. The van der Waals surface area contributed by atoms with Crippen LogP contribution in [0.2, 0.25) is 0 Å². The molecule has 1 unspecified atom stereocenters. The minimum absolute atomic E-state index is 0.0146. The molecule has 0 aliphatic heterocycles. The monoisotopic (exact) mass is 250 g/mol. The average molecular weight is 250 g/mol. The summed E-state index contributed by atoms with van der Waals surface area (Å²) in [6.45, 7) is 0.0965. The SMILES string of the molecule is O=C(NCCC(NC1CC1)C(F)(F)F)C1CC1. The summed E-state index contributed by atoms with van der Waals surface area (Å²) < 4.78 is 37.9. The van der Waals surface area contributed by atoms with Crippen LogP contribution in [0.4, 0.5) is 13.2 Å². The third-order valence-electron chi connectivity index (χ3n) is 3.09. The fraction of sp³-hybridized carbons (Fsp3) is 0.909. The number of halogens is 3. The van der Waals surface area contributed by atoms with Gasteiger partial charge in [-0.25, -0.2) is 0 Å². The van der Waals surface area contributed by atoms with Gasteiger partial charge in [0.05, 0.1) is 0 Å². The molecule has 2 N–H and O–H groups in total. The van der Waals surface area contributed by atoms with Crippen molar-refractivity contribution in [2.45, 2.75) is 50.4 Å². The van der Waals surface area contributed by atoms with Crippen molar-refractivity contribution in [3.63, 3.8) is 0 Å². The van der Waals surface area contributed by atoms with Crippen molar-refractivity contribution >= 4 is 5.91 Å². The van der Waals surface area contributed by atoms with Gasteiger partial charge in [-0.3, -0.25) is 4.79 Å². The van der Waals surface area contributed by atoms with Crippen LogP contribution >= 0.6 is 0 Å². The molecule has 2 rings (SSSR count). The molecule has 0 aromatic rings. The largest absolute Gasteiger partial charge is 0.403 e. The van der Waals surface area contributed by atoms with Gasteiger partial charge in [-0.1, -0.05) is 0 Å². The van der Waals surface area contributed by atoms with Crippen LogP contribution in [0.25, 0.3) is 0 Å². The Morgan fingerprint density at radius 3 is 2.35 bits per heavy atom. The maximum Gasteiger partial charge on any atom is 0.403 e. The number of rotatable bonds is 6. The normalized spacial score (nSPS) is 22.3. The Kier molecular flexibility index (Phi) is 3.61. The van der Waals surface area contributed by atoms with Crippen LogP contribution in [-0.4, -0.2) is 30.7 Å². The van der Waals surface area contributed by atoms with Crippen LogP contribution in [0.15, 0.2) is 0 Å². The minimum atomic E-state index is -4.23. The molecule has 0 aromatic heterocycles. The van der Waals surface area contributed by atoms with Gasteiger partial charge in [-0.2, -0.15) is 13.2 Å². The van der Waals surface area contributed by atoms with Gasteiger partial charge in [0.15, 0.2) is 0 Å². The molecule has 98 valence electrons. The van der Waals surface area contributed by atoms with E-state index in [1.807, 2.05) is 0 Å². The molecule has 0 heterocycles.